The van der Waals surface area contributed by atoms with Crippen LogP contribution in [0.2, 0.25) is 0 Å². The molecule has 4 N–H and O–H groups in total. The monoisotopic (exact) mass is 479 g/mol. The summed E-state index contributed by atoms with van der Waals surface area (Å²) in [6, 6.07) is 8.81. The second-order valence-corrected chi connectivity index (χ2v) is 9.41. The van der Waals surface area contributed by atoms with Gasteiger partial charge in [0.25, 0.3) is 0 Å². The smallest absolute Gasteiger partial charge is 0.325 e. The van der Waals surface area contributed by atoms with Gasteiger partial charge >= 0.3 is 6.03 Å². The number of nitrogens with one attached hydrogen (secondary N) is 2. The summed E-state index contributed by atoms with van der Waals surface area (Å²) in [6.45, 7) is 1.97. The Morgan fingerprint density at radius 1 is 1.17 bits per heavy atom. The predicted octanol–water partition coefficient (Wildman–Crippen LogP) is 3.36. The Hall–Kier alpha value is -3.62. The molecule has 0 bridgehead atoms. The minimum Gasteiger partial charge on any atom is -0.497 e. The number of imide groups is 1. The van der Waals surface area contributed by atoms with Gasteiger partial charge in [0.15, 0.2) is 0 Å². The first kappa shape index (κ1) is 24.5. The van der Waals surface area contributed by atoms with Crippen molar-refractivity contribution in [3.63, 3.8) is 0 Å². The number of nitrogens with two attached hydrogens (primary N) is 1. The number of methoxy groups -OCH3 is 1. The van der Waals surface area contributed by atoms with E-state index in [1.807, 2.05) is 6.92 Å². The average molecular weight is 480 g/mol. The summed E-state index contributed by atoms with van der Waals surface area (Å²) in [4.78, 5) is 44.6. The van der Waals surface area contributed by atoms with Crippen molar-refractivity contribution in [2.45, 2.75) is 57.5 Å². The fourth-order valence-corrected chi connectivity index (χ4v) is 5.06. The second-order valence-electron chi connectivity index (χ2n) is 9.41. The number of hydrogen-bond donors (Lipinski definition) is 3. The van der Waals surface area contributed by atoms with Gasteiger partial charge in [-0.2, -0.15) is 0 Å². The molecule has 1 saturated heterocycles. The Kier molecular flexibility index (Phi) is 7.53. The molecule has 1 saturated carbocycles. The van der Waals surface area contributed by atoms with Crippen LogP contribution in [-0.2, 0) is 16.0 Å². The number of amides is 4. The molecule has 2 fully saturated rings. The SMILES string of the molecule is COc1ccc(NC(=O)[C@@H]2[C@H](Cc3ccnc(N)c3)C(=O)N2C(=O)N[C@H](C)C2CCCCC2)cc1. The Morgan fingerprint density at radius 2 is 1.89 bits per heavy atom. The molecule has 9 heteroatoms. The van der Waals surface area contributed by atoms with Crippen LogP contribution in [-0.4, -0.2) is 46.9 Å². The molecule has 3 atom stereocenters. The highest BCUT2D eigenvalue weighted by Gasteiger charge is 2.54. The standard InChI is InChI=1S/C26H33N5O4/c1-16(18-6-4-3-5-7-18)29-26(34)31-23(24(32)30-19-8-10-20(35-2)11-9-19)21(25(31)33)14-17-12-13-28-22(27)15-17/h8-13,15-16,18,21,23H,3-7,14H2,1-2H3,(H2,27,28)(H,29,34)(H,30,32)/t16-,21+,23+/m1/s1. The largest absolute Gasteiger partial charge is 0.497 e. The molecule has 4 amide bonds. The van der Waals surface area contributed by atoms with E-state index in [-0.39, 0.29) is 18.4 Å². The number of carbonyl (C=O) groups excluding carboxylic acids is 3. The van der Waals surface area contributed by atoms with E-state index in [0.29, 0.717) is 23.2 Å². The van der Waals surface area contributed by atoms with Gasteiger partial charge < -0.3 is 21.1 Å². The predicted molar refractivity (Wildman–Crippen MR) is 133 cm³/mol. The first-order valence-electron chi connectivity index (χ1n) is 12.2. The summed E-state index contributed by atoms with van der Waals surface area (Å²) >= 11 is 0. The van der Waals surface area contributed by atoms with Gasteiger partial charge in [0.2, 0.25) is 11.8 Å². The average Bonchev–Trinajstić information content (AvgIpc) is 2.86. The van der Waals surface area contributed by atoms with Crippen molar-refractivity contribution in [3.05, 3.63) is 48.2 Å². The zero-order valence-corrected chi connectivity index (χ0v) is 20.2. The number of likely N-dealkylation sites (tertiary alicyclic amines) is 1. The summed E-state index contributed by atoms with van der Waals surface area (Å²) in [6.07, 6.45) is 7.49. The van der Waals surface area contributed by atoms with E-state index >= 15 is 0 Å². The van der Waals surface area contributed by atoms with Crippen molar-refractivity contribution in [2.24, 2.45) is 11.8 Å². The summed E-state index contributed by atoms with van der Waals surface area (Å²) in [5.74, 6) is -0.0833. The van der Waals surface area contributed by atoms with Gasteiger partial charge in [-0.05, 0) is 74.1 Å². The van der Waals surface area contributed by atoms with Crippen LogP contribution < -0.4 is 21.1 Å². The maximum absolute atomic E-state index is 13.3. The summed E-state index contributed by atoms with van der Waals surface area (Å²) < 4.78 is 5.16. The lowest BCUT2D eigenvalue weighted by Crippen LogP contribution is -2.70. The highest BCUT2D eigenvalue weighted by molar-refractivity contribution is 6.12. The molecule has 0 radical (unpaired) electrons. The summed E-state index contributed by atoms with van der Waals surface area (Å²) in [7, 11) is 1.56. The molecule has 0 spiro atoms. The van der Waals surface area contributed by atoms with Crippen molar-refractivity contribution in [1.82, 2.24) is 15.2 Å². The molecule has 9 nitrogen and oxygen atoms in total. The van der Waals surface area contributed by atoms with E-state index in [0.717, 1.165) is 36.1 Å². The maximum Gasteiger partial charge on any atom is 0.325 e. The van der Waals surface area contributed by atoms with Crippen LogP contribution in [0.15, 0.2) is 42.6 Å². The van der Waals surface area contributed by atoms with Gasteiger partial charge in [0, 0.05) is 17.9 Å². The number of rotatable bonds is 7. The number of nitrogen functional groups attached to an aromatic ring is 1. The molecule has 2 aliphatic rings. The lowest BCUT2D eigenvalue weighted by Gasteiger charge is -2.45. The second kappa shape index (κ2) is 10.8. The first-order chi connectivity index (χ1) is 16.9. The van der Waals surface area contributed by atoms with Crippen LogP contribution >= 0.6 is 0 Å². The molecule has 1 aliphatic carbocycles. The van der Waals surface area contributed by atoms with Crippen molar-refractivity contribution in [1.29, 1.82) is 0 Å². The number of benzene rings is 1. The Morgan fingerprint density at radius 3 is 2.54 bits per heavy atom. The highest BCUT2D eigenvalue weighted by atomic mass is 16.5. The van der Waals surface area contributed by atoms with Crippen molar-refractivity contribution in [3.8, 4) is 5.75 Å². The molecule has 2 heterocycles. The normalized spacial score (nSPS) is 21.1. The molecule has 0 unspecified atom stereocenters. The third kappa shape index (κ3) is 5.55. The minimum atomic E-state index is -0.933. The molecule has 2 aromatic rings. The van der Waals surface area contributed by atoms with Crippen LogP contribution in [0.5, 0.6) is 5.75 Å². The van der Waals surface area contributed by atoms with Gasteiger partial charge in [-0.15, -0.1) is 0 Å². The number of β-lactam (4-membered cyclic amide) rings is 1. The van der Waals surface area contributed by atoms with Crippen LogP contribution in [0, 0.1) is 11.8 Å². The van der Waals surface area contributed by atoms with E-state index in [9.17, 15) is 14.4 Å². The van der Waals surface area contributed by atoms with Crippen molar-refractivity contribution < 1.29 is 19.1 Å². The van der Waals surface area contributed by atoms with Crippen molar-refractivity contribution >= 4 is 29.4 Å². The van der Waals surface area contributed by atoms with E-state index in [1.165, 1.54) is 6.42 Å². The molecule has 1 aliphatic heterocycles. The number of urea groups is 1. The van der Waals surface area contributed by atoms with Crippen molar-refractivity contribution in [2.75, 3.05) is 18.2 Å². The lowest BCUT2D eigenvalue weighted by atomic mass is 9.81. The molecule has 35 heavy (non-hydrogen) atoms. The van der Waals surface area contributed by atoms with Crippen LogP contribution in [0.3, 0.4) is 0 Å². The Labute approximate surface area is 205 Å². The topological polar surface area (TPSA) is 127 Å². The van der Waals surface area contributed by atoms with Gasteiger partial charge in [0.05, 0.1) is 13.0 Å². The number of pyridine rings is 1. The van der Waals surface area contributed by atoms with Gasteiger partial charge in [-0.1, -0.05) is 19.3 Å². The first-order valence-corrected chi connectivity index (χ1v) is 12.2. The minimum absolute atomic E-state index is 0.0695. The number of ether oxygens (including phenoxy) is 1. The molecule has 186 valence electrons. The third-order valence-corrected chi connectivity index (χ3v) is 7.07. The summed E-state index contributed by atoms with van der Waals surface area (Å²) in [5.41, 5.74) is 7.13. The molecule has 1 aromatic carbocycles. The van der Waals surface area contributed by atoms with E-state index in [2.05, 4.69) is 15.6 Å². The third-order valence-electron chi connectivity index (χ3n) is 7.07. The van der Waals surface area contributed by atoms with Crippen LogP contribution in [0.25, 0.3) is 0 Å². The van der Waals surface area contributed by atoms with E-state index in [4.69, 9.17) is 10.5 Å². The zero-order chi connectivity index (χ0) is 24.9. The van der Waals surface area contributed by atoms with Gasteiger partial charge in [-0.25, -0.2) is 9.78 Å². The molecule has 1 aromatic heterocycles. The fourth-order valence-electron chi connectivity index (χ4n) is 5.06. The van der Waals surface area contributed by atoms with Crippen LogP contribution in [0.4, 0.5) is 16.3 Å². The van der Waals surface area contributed by atoms with Crippen LogP contribution in [0.1, 0.15) is 44.6 Å². The molecular weight excluding hydrogens is 446 g/mol. The lowest BCUT2D eigenvalue weighted by molar-refractivity contribution is -0.155. The van der Waals surface area contributed by atoms with Gasteiger partial charge in [0.1, 0.15) is 17.6 Å². The maximum atomic E-state index is 13.3. The number of carbonyl (C=O) groups is 3. The van der Waals surface area contributed by atoms with E-state index < -0.39 is 23.9 Å². The number of anilines is 2. The zero-order valence-electron chi connectivity index (χ0n) is 20.2. The highest BCUT2D eigenvalue weighted by Crippen LogP contribution is 2.33. The number of hydrogen-bond acceptors (Lipinski definition) is 6. The fraction of sp³-hybridized carbons (Fsp3) is 0.462. The molecule has 4 rings (SSSR count). The Bertz CT molecular complexity index is 1070. The number of aromatic nitrogens is 1. The number of nitrogens with zero attached hydrogens (tertiary/aromatic N) is 2. The Balaban J connectivity index is 1.50. The summed E-state index contributed by atoms with van der Waals surface area (Å²) in [5, 5.41) is 5.82. The quantitative estimate of drug-likeness (QED) is 0.523. The molecular formula is C26H33N5O4. The van der Waals surface area contributed by atoms with Gasteiger partial charge in [-0.3, -0.25) is 14.5 Å². The van der Waals surface area contributed by atoms with E-state index in [1.54, 1.807) is 49.7 Å².